The number of para-hydroxylation sites is 1. The Bertz CT molecular complexity index is 1070. The molecule has 0 amide bonds. The first-order chi connectivity index (χ1) is 15.7. The molecule has 1 aromatic heterocycles. The lowest BCUT2D eigenvalue weighted by Gasteiger charge is -2.30. The second kappa shape index (κ2) is 12.0. The van der Waals surface area contributed by atoms with Crippen LogP contribution in [0.1, 0.15) is 69.1 Å². The summed E-state index contributed by atoms with van der Waals surface area (Å²) >= 11 is 4.55. The number of ether oxygens (including phenoxy) is 1. The van der Waals surface area contributed by atoms with E-state index >= 15 is 0 Å². The van der Waals surface area contributed by atoms with Crippen LogP contribution in [-0.4, -0.2) is 35.9 Å². The summed E-state index contributed by atoms with van der Waals surface area (Å²) in [5.41, 5.74) is 2.14. The highest BCUT2D eigenvalue weighted by Gasteiger charge is 2.23. The summed E-state index contributed by atoms with van der Waals surface area (Å²) in [6.45, 7) is 12.5. The summed E-state index contributed by atoms with van der Waals surface area (Å²) in [6, 6.07) is 12.6. The standard InChI is InChI=1S/C27H33I2NO3/c1-6-7-11-24-25(20-10-8-9-12-23(20)33-24)26(31)19-15-21(28)27(22(29)16-19)32-14-13-30(17(2)3)18(4)5/h8-10,12,15-18H,6-7,11,13-14H2,1-5H3. The van der Waals surface area contributed by atoms with Crippen molar-refractivity contribution >= 4 is 61.9 Å². The molecule has 0 aliphatic carbocycles. The fraction of sp³-hybridized carbons (Fsp3) is 0.444. The maximum absolute atomic E-state index is 13.7. The molecule has 0 bridgehead atoms. The number of nitrogens with zero attached hydrogens (tertiary/aromatic N) is 1. The Morgan fingerprint density at radius 1 is 1.06 bits per heavy atom. The van der Waals surface area contributed by atoms with E-state index in [1.54, 1.807) is 0 Å². The summed E-state index contributed by atoms with van der Waals surface area (Å²) in [5.74, 6) is 1.65. The molecular weight excluding hydrogens is 640 g/mol. The molecule has 0 fully saturated rings. The zero-order valence-electron chi connectivity index (χ0n) is 20.1. The molecule has 4 nitrogen and oxygen atoms in total. The smallest absolute Gasteiger partial charge is 0.197 e. The van der Waals surface area contributed by atoms with E-state index in [0.29, 0.717) is 29.8 Å². The number of hydrogen-bond acceptors (Lipinski definition) is 4. The van der Waals surface area contributed by atoms with E-state index in [1.165, 1.54) is 0 Å². The van der Waals surface area contributed by atoms with Gasteiger partial charge in [-0.1, -0.05) is 31.5 Å². The van der Waals surface area contributed by atoms with Gasteiger partial charge in [0.25, 0.3) is 0 Å². The number of ketones is 1. The van der Waals surface area contributed by atoms with Crippen LogP contribution in [0, 0.1) is 7.14 Å². The lowest BCUT2D eigenvalue weighted by atomic mass is 9.98. The summed E-state index contributed by atoms with van der Waals surface area (Å²) in [5, 5.41) is 0.890. The second-order valence-corrected chi connectivity index (χ2v) is 11.2. The van der Waals surface area contributed by atoms with E-state index in [2.05, 4.69) is 84.7 Å². The third-order valence-corrected chi connectivity index (χ3v) is 7.44. The number of fused-ring (bicyclic) bond motifs is 1. The maximum Gasteiger partial charge on any atom is 0.197 e. The van der Waals surface area contributed by atoms with Crippen molar-refractivity contribution in [2.75, 3.05) is 13.2 Å². The monoisotopic (exact) mass is 673 g/mol. The third kappa shape index (κ3) is 6.31. The SMILES string of the molecule is CCCCc1oc2ccccc2c1C(=O)c1cc(I)c(OCCN(C(C)C)C(C)C)c(I)c1. The number of benzene rings is 2. The Morgan fingerprint density at radius 3 is 2.30 bits per heavy atom. The average Bonchev–Trinajstić information content (AvgIpc) is 3.13. The maximum atomic E-state index is 13.7. The molecule has 1 heterocycles. The van der Waals surface area contributed by atoms with Crippen LogP contribution in [0.3, 0.4) is 0 Å². The molecule has 6 heteroatoms. The highest BCUT2D eigenvalue weighted by molar-refractivity contribution is 14.1. The van der Waals surface area contributed by atoms with Crippen molar-refractivity contribution in [1.82, 2.24) is 4.90 Å². The predicted octanol–water partition coefficient (Wildman–Crippen LogP) is 7.71. The van der Waals surface area contributed by atoms with Crippen molar-refractivity contribution < 1.29 is 13.9 Å². The zero-order chi connectivity index (χ0) is 24.1. The Kier molecular flexibility index (Phi) is 9.64. The van der Waals surface area contributed by atoms with E-state index in [0.717, 1.165) is 55.4 Å². The normalized spacial score (nSPS) is 11.8. The van der Waals surface area contributed by atoms with Crippen LogP contribution in [0.5, 0.6) is 5.75 Å². The van der Waals surface area contributed by atoms with Crippen LogP contribution < -0.4 is 4.74 Å². The largest absolute Gasteiger partial charge is 0.490 e. The number of aryl methyl sites for hydroxylation is 1. The summed E-state index contributed by atoms with van der Waals surface area (Å²) in [6.07, 6.45) is 2.81. The van der Waals surface area contributed by atoms with Gasteiger partial charge in [0.1, 0.15) is 23.7 Å². The number of unbranched alkanes of at least 4 members (excludes halogenated alkanes) is 1. The van der Waals surface area contributed by atoms with E-state index in [4.69, 9.17) is 9.15 Å². The van der Waals surface area contributed by atoms with Gasteiger partial charge in [-0.2, -0.15) is 0 Å². The Labute approximate surface area is 224 Å². The van der Waals surface area contributed by atoms with Crippen molar-refractivity contribution in [3.05, 3.63) is 60.4 Å². The number of carbonyl (C=O) groups is 1. The van der Waals surface area contributed by atoms with E-state index in [1.807, 2.05) is 36.4 Å². The summed E-state index contributed by atoms with van der Waals surface area (Å²) in [4.78, 5) is 16.1. The van der Waals surface area contributed by atoms with E-state index in [-0.39, 0.29) is 5.78 Å². The third-order valence-electron chi connectivity index (χ3n) is 5.84. The lowest BCUT2D eigenvalue weighted by molar-refractivity contribution is 0.103. The molecule has 33 heavy (non-hydrogen) atoms. The van der Waals surface area contributed by atoms with Crippen molar-refractivity contribution in [2.45, 2.75) is 66.0 Å². The fourth-order valence-electron chi connectivity index (χ4n) is 4.20. The van der Waals surface area contributed by atoms with Gasteiger partial charge < -0.3 is 9.15 Å². The van der Waals surface area contributed by atoms with Crippen LogP contribution in [0.15, 0.2) is 40.8 Å². The minimum Gasteiger partial charge on any atom is -0.490 e. The van der Waals surface area contributed by atoms with Crippen molar-refractivity contribution in [2.24, 2.45) is 0 Å². The van der Waals surface area contributed by atoms with Gasteiger partial charge >= 0.3 is 0 Å². The highest BCUT2D eigenvalue weighted by Crippen LogP contribution is 2.33. The van der Waals surface area contributed by atoms with E-state index in [9.17, 15) is 4.79 Å². The van der Waals surface area contributed by atoms with Crippen molar-refractivity contribution in [1.29, 1.82) is 0 Å². The molecule has 0 unspecified atom stereocenters. The number of furan rings is 1. The minimum atomic E-state index is 0.0132. The first kappa shape index (κ1) is 26.5. The molecule has 0 aliphatic rings. The quantitative estimate of drug-likeness (QED) is 0.155. The Hall–Kier alpha value is -1.13. The molecule has 3 aromatic rings. The first-order valence-corrected chi connectivity index (χ1v) is 13.8. The van der Waals surface area contributed by atoms with Crippen LogP contribution >= 0.6 is 45.2 Å². The first-order valence-electron chi connectivity index (χ1n) is 11.7. The lowest BCUT2D eigenvalue weighted by Crippen LogP contribution is -2.39. The van der Waals surface area contributed by atoms with Gasteiger partial charge in [0.15, 0.2) is 5.78 Å². The van der Waals surface area contributed by atoms with Crippen LogP contribution in [-0.2, 0) is 6.42 Å². The molecule has 0 radical (unpaired) electrons. The molecule has 0 N–H and O–H groups in total. The van der Waals surface area contributed by atoms with Gasteiger partial charge in [0.2, 0.25) is 0 Å². The van der Waals surface area contributed by atoms with Crippen LogP contribution in [0.4, 0.5) is 0 Å². The van der Waals surface area contributed by atoms with Crippen molar-refractivity contribution in [3.8, 4) is 5.75 Å². The molecule has 2 aromatic carbocycles. The molecular formula is C27H33I2NO3. The average molecular weight is 673 g/mol. The van der Waals surface area contributed by atoms with Gasteiger partial charge in [0.05, 0.1) is 12.7 Å². The topological polar surface area (TPSA) is 42.7 Å². The van der Waals surface area contributed by atoms with Gasteiger partial charge in [-0.15, -0.1) is 0 Å². The summed E-state index contributed by atoms with van der Waals surface area (Å²) in [7, 11) is 0. The van der Waals surface area contributed by atoms with E-state index < -0.39 is 0 Å². The van der Waals surface area contributed by atoms with Crippen LogP contribution in [0.25, 0.3) is 11.0 Å². The molecule has 0 saturated carbocycles. The van der Waals surface area contributed by atoms with Crippen LogP contribution in [0.2, 0.25) is 0 Å². The number of rotatable bonds is 11. The molecule has 0 aliphatic heterocycles. The minimum absolute atomic E-state index is 0.0132. The molecule has 0 spiro atoms. The fourth-order valence-corrected chi connectivity index (χ4v) is 6.28. The summed E-state index contributed by atoms with van der Waals surface area (Å²) < 4.78 is 14.2. The molecule has 178 valence electrons. The van der Waals surface area contributed by atoms with Gasteiger partial charge in [-0.25, -0.2) is 0 Å². The Morgan fingerprint density at radius 2 is 1.70 bits per heavy atom. The van der Waals surface area contributed by atoms with Gasteiger partial charge in [0, 0.05) is 36.0 Å². The van der Waals surface area contributed by atoms with Gasteiger partial charge in [-0.05, 0) is 97.5 Å². The van der Waals surface area contributed by atoms with Gasteiger partial charge in [-0.3, -0.25) is 9.69 Å². The highest BCUT2D eigenvalue weighted by atomic mass is 127. The zero-order valence-corrected chi connectivity index (χ0v) is 24.4. The number of halogens is 2. The number of hydrogen-bond donors (Lipinski definition) is 0. The molecule has 0 atom stereocenters. The molecule has 3 rings (SSSR count). The Balaban J connectivity index is 1.86. The predicted molar refractivity (Wildman–Crippen MR) is 153 cm³/mol. The molecule has 0 saturated heterocycles. The van der Waals surface area contributed by atoms with Crippen molar-refractivity contribution in [3.63, 3.8) is 0 Å². The second-order valence-electron chi connectivity index (χ2n) is 8.87. The number of carbonyl (C=O) groups excluding carboxylic acids is 1.